The lowest BCUT2D eigenvalue weighted by atomic mass is 9.73. The van der Waals surface area contributed by atoms with Gasteiger partial charge in [0, 0.05) is 70.4 Å². The summed E-state index contributed by atoms with van der Waals surface area (Å²) in [5.74, 6) is 0.747. The number of ether oxygens (including phenoxy) is 1. The maximum Gasteiger partial charge on any atom is 0.0444 e. The van der Waals surface area contributed by atoms with Gasteiger partial charge in [-0.05, 0) is 74.8 Å². The van der Waals surface area contributed by atoms with Gasteiger partial charge in [0.05, 0.1) is 0 Å². The summed E-state index contributed by atoms with van der Waals surface area (Å²) in [5, 5.41) is 0. The molecule has 1 fully saturated rings. The van der Waals surface area contributed by atoms with Gasteiger partial charge in [0.25, 0.3) is 0 Å². The van der Waals surface area contributed by atoms with Crippen LogP contribution in [0.2, 0.25) is 0 Å². The van der Waals surface area contributed by atoms with Crippen LogP contribution in [0.15, 0.2) is 24.3 Å². The third kappa shape index (κ3) is 12.3. The van der Waals surface area contributed by atoms with Crippen LogP contribution in [0, 0.1) is 11.3 Å². The summed E-state index contributed by atoms with van der Waals surface area (Å²) in [6, 6.07) is 7.18. The molecule has 0 spiro atoms. The monoisotopic (exact) mass is 517 g/mol. The van der Waals surface area contributed by atoms with E-state index in [4.69, 9.17) is 0 Å². The zero-order chi connectivity index (χ0) is 28.4. The van der Waals surface area contributed by atoms with E-state index in [1.807, 2.05) is 34.6 Å². The highest BCUT2D eigenvalue weighted by molar-refractivity contribution is 5.81. The average molecular weight is 518 g/mol. The summed E-state index contributed by atoms with van der Waals surface area (Å²) in [5.41, 5.74) is 6.11. The quantitative estimate of drug-likeness (QED) is 0.343. The van der Waals surface area contributed by atoms with E-state index in [0.29, 0.717) is 0 Å². The van der Waals surface area contributed by atoms with Crippen molar-refractivity contribution in [3.8, 4) is 0 Å². The maximum atomic E-state index is 4.54. The number of allylic oxidation sites excluding steroid dienone is 2. The molecule has 1 aliphatic heterocycles. The third-order valence-corrected chi connectivity index (χ3v) is 7.08. The van der Waals surface area contributed by atoms with Gasteiger partial charge < -0.3 is 14.5 Å². The number of nitrogens with zero attached hydrogens (tertiary/aromatic N) is 3. The van der Waals surface area contributed by atoms with Gasteiger partial charge in [-0.15, -0.1) is 0 Å². The molecular formula is C33H63N3O. The van der Waals surface area contributed by atoms with E-state index in [-0.39, 0.29) is 5.41 Å². The molecule has 3 rings (SSSR count). The highest BCUT2D eigenvalue weighted by Crippen LogP contribution is 2.43. The van der Waals surface area contributed by atoms with Gasteiger partial charge in [-0.3, -0.25) is 4.90 Å². The first-order valence-electron chi connectivity index (χ1n) is 15.3. The van der Waals surface area contributed by atoms with E-state index in [1.165, 1.54) is 62.3 Å². The molecule has 1 atom stereocenters. The molecule has 0 N–H and O–H groups in total. The lowest BCUT2D eigenvalue weighted by Crippen LogP contribution is -2.46. The van der Waals surface area contributed by atoms with Crippen LogP contribution < -0.4 is 9.80 Å². The van der Waals surface area contributed by atoms with Crippen LogP contribution in [0.1, 0.15) is 100 Å². The van der Waals surface area contributed by atoms with Crippen molar-refractivity contribution in [3.63, 3.8) is 0 Å². The zero-order valence-corrected chi connectivity index (χ0v) is 26.9. The van der Waals surface area contributed by atoms with Gasteiger partial charge in [0.2, 0.25) is 0 Å². The van der Waals surface area contributed by atoms with Crippen LogP contribution >= 0.6 is 0 Å². The molecule has 0 amide bonds. The van der Waals surface area contributed by atoms with Crippen LogP contribution in [0.5, 0.6) is 0 Å². The fourth-order valence-corrected chi connectivity index (χ4v) is 5.19. The fourth-order valence-electron chi connectivity index (χ4n) is 5.19. The Kier molecular flexibility index (Phi) is 18.7. The lowest BCUT2D eigenvalue weighted by Gasteiger charge is -2.39. The highest BCUT2D eigenvalue weighted by Gasteiger charge is 2.28. The molecule has 37 heavy (non-hydrogen) atoms. The normalized spacial score (nSPS) is 18.8. The third-order valence-electron chi connectivity index (χ3n) is 7.08. The summed E-state index contributed by atoms with van der Waals surface area (Å²) < 4.78 is 4.54. The van der Waals surface area contributed by atoms with Gasteiger partial charge in [-0.25, -0.2) is 0 Å². The summed E-state index contributed by atoms with van der Waals surface area (Å²) in [4.78, 5) is 7.64. The standard InChI is InChI=1S/C26H43N3.C3H8O.2C2H6/c1-7-9-12-28-13-15-29(16-14-28)25-11-10-23(27(6)8-2)18-24(25)22-17-21(3)19-26(4,5)20-22;1-3-4-2;2*1-2/h10-11,18,20-21H,7-9,12-17,19H2,1-6H3;3H2,1-2H3;2*1-2H3. The number of hydrogen-bond donors (Lipinski definition) is 0. The minimum atomic E-state index is 0.287. The van der Waals surface area contributed by atoms with Crippen LogP contribution in [0.3, 0.4) is 0 Å². The van der Waals surface area contributed by atoms with Crippen molar-refractivity contribution < 1.29 is 4.74 Å². The van der Waals surface area contributed by atoms with Crippen LogP contribution in [-0.2, 0) is 4.74 Å². The van der Waals surface area contributed by atoms with E-state index >= 15 is 0 Å². The molecule has 216 valence electrons. The number of hydrogen-bond acceptors (Lipinski definition) is 4. The molecule has 1 aromatic rings. The van der Waals surface area contributed by atoms with Gasteiger partial charge >= 0.3 is 0 Å². The number of benzene rings is 1. The molecule has 2 aliphatic rings. The van der Waals surface area contributed by atoms with Crippen molar-refractivity contribution in [3.05, 3.63) is 29.8 Å². The van der Waals surface area contributed by atoms with Crippen molar-refractivity contribution in [2.45, 2.75) is 94.9 Å². The summed E-state index contributed by atoms with van der Waals surface area (Å²) >= 11 is 0. The first-order valence-corrected chi connectivity index (χ1v) is 15.3. The van der Waals surface area contributed by atoms with Crippen molar-refractivity contribution in [2.75, 3.05) is 69.8 Å². The number of methoxy groups -OCH3 is 1. The number of rotatable bonds is 8. The first-order chi connectivity index (χ1) is 17.7. The molecule has 1 unspecified atom stereocenters. The van der Waals surface area contributed by atoms with E-state index in [2.05, 4.69) is 85.4 Å². The van der Waals surface area contributed by atoms with Crippen molar-refractivity contribution >= 4 is 16.9 Å². The van der Waals surface area contributed by atoms with E-state index in [1.54, 1.807) is 12.7 Å². The molecule has 1 heterocycles. The smallest absolute Gasteiger partial charge is 0.0444 e. The Hall–Kier alpha value is -1.52. The summed E-state index contributed by atoms with van der Waals surface area (Å²) in [6.07, 6.45) is 7.67. The SMILES string of the molecule is CC.CC.CCCCN1CCN(c2ccc(N(C)CC)cc2C2=CC(C)(C)CC(C)C2)CC1.CCOC. The molecule has 0 aromatic heterocycles. The average Bonchev–Trinajstić information content (AvgIpc) is 2.92. The zero-order valence-electron chi connectivity index (χ0n) is 26.9. The van der Waals surface area contributed by atoms with Crippen LogP contribution in [-0.4, -0.2) is 64.9 Å². The Morgan fingerprint density at radius 2 is 1.59 bits per heavy atom. The fraction of sp³-hybridized carbons (Fsp3) is 0.758. The topological polar surface area (TPSA) is 19.0 Å². The molecule has 1 aromatic carbocycles. The minimum Gasteiger partial charge on any atom is -0.385 e. The Bertz CT molecular complexity index is 733. The van der Waals surface area contributed by atoms with Crippen molar-refractivity contribution in [1.29, 1.82) is 0 Å². The molecular weight excluding hydrogens is 454 g/mol. The molecule has 0 bridgehead atoms. The second-order valence-corrected chi connectivity index (χ2v) is 10.6. The second-order valence-electron chi connectivity index (χ2n) is 10.6. The Morgan fingerprint density at radius 3 is 2.08 bits per heavy atom. The van der Waals surface area contributed by atoms with E-state index in [0.717, 1.165) is 32.2 Å². The van der Waals surface area contributed by atoms with Gasteiger partial charge in [-0.2, -0.15) is 0 Å². The predicted molar refractivity (Wildman–Crippen MR) is 169 cm³/mol. The Balaban J connectivity index is 0.00000145. The summed E-state index contributed by atoms with van der Waals surface area (Å²) in [7, 11) is 3.88. The first kappa shape index (κ1) is 35.5. The van der Waals surface area contributed by atoms with E-state index < -0.39 is 0 Å². The highest BCUT2D eigenvalue weighted by atomic mass is 16.5. The predicted octanol–water partition coefficient (Wildman–Crippen LogP) is 8.61. The number of piperazine rings is 1. The van der Waals surface area contributed by atoms with Crippen LogP contribution in [0.4, 0.5) is 11.4 Å². The molecule has 0 radical (unpaired) electrons. The molecule has 4 nitrogen and oxygen atoms in total. The summed E-state index contributed by atoms with van der Waals surface area (Å²) in [6.45, 7) is 29.5. The Labute approximate surface area is 232 Å². The van der Waals surface area contributed by atoms with Gasteiger partial charge in [0.15, 0.2) is 0 Å². The molecule has 1 aliphatic carbocycles. The lowest BCUT2D eigenvalue weighted by molar-refractivity contribution is 0.215. The second kappa shape index (κ2) is 19.5. The molecule has 0 saturated carbocycles. The Morgan fingerprint density at radius 1 is 1.00 bits per heavy atom. The van der Waals surface area contributed by atoms with Gasteiger partial charge in [-0.1, -0.05) is 67.9 Å². The van der Waals surface area contributed by atoms with Crippen molar-refractivity contribution in [2.24, 2.45) is 11.3 Å². The van der Waals surface area contributed by atoms with Gasteiger partial charge in [0.1, 0.15) is 0 Å². The number of anilines is 2. The van der Waals surface area contributed by atoms with Crippen molar-refractivity contribution in [1.82, 2.24) is 4.90 Å². The molecule has 4 heteroatoms. The van der Waals surface area contributed by atoms with E-state index in [9.17, 15) is 0 Å². The van der Waals surface area contributed by atoms with Crippen LogP contribution in [0.25, 0.3) is 5.57 Å². The minimum absolute atomic E-state index is 0.287. The maximum absolute atomic E-state index is 4.54. The largest absolute Gasteiger partial charge is 0.385 e. The number of unbranched alkanes of at least 4 members (excludes halogenated alkanes) is 1. The molecule has 1 saturated heterocycles.